The maximum Gasteiger partial charge on any atom is 0.287 e. The van der Waals surface area contributed by atoms with E-state index in [-0.39, 0.29) is 11.7 Å². The van der Waals surface area contributed by atoms with E-state index >= 15 is 0 Å². The second kappa shape index (κ2) is 8.88. The average Bonchev–Trinajstić information content (AvgIpc) is 3.18. The molecule has 1 unspecified atom stereocenters. The smallest absolute Gasteiger partial charge is 0.287 e. The normalized spacial score (nSPS) is 11.6. The van der Waals surface area contributed by atoms with Gasteiger partial charge in [-0.2, -0.15) is 0 Å². The highest BCUT2D eigenvalue weighted by molar-refractivity contribution is 5.98. The van der Waals surface area contributed by atoms with Gasteiger partial charge >= 0.3 is 0 Å². The molecule has 2 aromatic rings. The van der Waals surface area contributed by atoms with Crippen molar-refractivity contribution in [2.24, 2.45) is 5.92 Å². The molecule has 1 heterocycles. The van der Waals surface area contributed by atoms with Crippen molar-refractivity contribution in [3.05, 3.63) is 54.0 Å². The molecule has 0 fully saturated rings. The monoisotopic (exact) mass is 372 g/mol. The average molecular weight is 372 g/mol. The summed E-state index contributed by atoms with van der Waals surface area (Å²) >= 11 is 0. The summed E-state index contributed by atoms with van der Waals surface area (Å²) in [4.78, 5) is 38.7. The molecule has 0 aliphatic rings. The number of hydrogen-bond donors (Lipinski definition) is 3. The lowest BCUT2D eigenvalue weighted by Crippen LogP contribution is -2.54. The van der Waals surface area contributed by atoms with Gasteiger partial charge in [-0.3, -0.25) is 25.2 Å². The van der Waals surface area contributed by atoms with E-state index in [4.69, 9.17) is 4.42 Å². The third-order valence-corrected chi connectivity index (χ3v) is 3.90. The van der Waals surface area contributed by atoms with Crippen molar-refractivity contribution in [2.75, 3.05) is 19.0 Å². The molecular weight excluding hydrogens is 348 g/mol. The Hall–Kier alpha value is -3.29. The second-order valence-corrected chi connectivity index (χ2v) is 6.56. The van der Waals surface area contributed by atoms with E-state index < -0.39 is 23.8 Å². The predicted octanol–water partition coefficient (Wildman–Crippen LogP) is 1.56. The van der Waals surface area contributed by atoms with Crippen LogP contribution in [0.25, 0.3) is 0 Å². The summed E-state index contributed by atoms with van der Waals surface area (Å²) in [7, 11) is 3.74. The first-order valence-corrected chi connectivity index (χ1v) is 8.51. The standard InChI is InChI=1S/C19H24N4O4/c1-12(2)16(20-18(25)15-9-6-10-27-15)19(26)22-21-17(24)13-7-5-8-14(11-13)23(3)4/h5-12,16H,1-4H3,(H,20,25)(H,21,24)(H,22,26). The molecule has 0 saturated heterocycles. The Balaban J connectivity index is 1.98. The number of nitrogens with zero attached hydrogens (tertiary/aromatic N) is 1. The fourth-order valence-corrected chi connectivity index (χ4v) is 2.35. The number of carbonyl (C=O) groups is 3. The second-order valence-electron chi connectivity index (χ2n) is 6.56. The van der Waals surface area contributed by atoms with E-state index in [1.807, 2.05) is 25.1 Å². The van der Waals surface area contributed by atoms with Gasteiger partial charge in [0.25, 0.3) is 17.7 Å². The molecular formula is C19H24N4O4. The quantitative estimate of drug-likeness (QED) is 0.668. The molecule has 27 heavy (non-hydrogen) atoms. The maximum atomic E-state index is 12.4. The summed E-state index contributed by atoms with van der Waals surface area (Å²) in [6, 6.07) is 9.23. The van der Waals surface area contributed by atoms with Crippen molar-refractivity contribution in [3.63, 3.8) is 0 Å². The Labute approximate surface area is 157 Å². The molecule has 0 aliphatic heterocycles. The zero-order valence-electron chi connectivity index (χ0n) is 15.8. The highest BCUT2D eigenvalue weighted by Crippen LogP contribution is 2.13. The summed E-state index contributed by atoms with van der Waals surface area (Å²) in [5.74, 6) is -1.57. The maximum absolute atomic E-state index is 12.4. The Morgan fingerprint density at radius 1 is 1.00 bits per heavy atom. The first-order chi connectivity index (χ1) is 12.8. The van der Waals surface area contributed by atoms with Gasteiger partial charge in [0.15, 0.2) is 5.76 Å². The minimum atomic E-state index is -0.837. The van der Waals surface area contributed by atoms with Crippen LogP contribution in [0.5, 0.6) is 0 Å². The lowest BCUT2D eigenvalue weighted by Gasteiger charge is -2.21. The van der Waals surface area contributed by atoms with Crippen LogP contribution in [0.2, 0.25) is 0 Å². The minimum absolute atomic E-state index is 0.109. The zero-order chi connectivity index (χ0) is 20.0. The van der Waals surface area contributed by atoms with Crippen molar-refractivity contribution in [3.8, 4) is 0 Å². The number of anilines is 1. The number of hydrazine groups is 1. The number of carbonyl (C=O) groups excluding carboxylic acids is 3. The van der Waals surface area contributed by atoms with E-state index in [0.717, 1.165) is 5.69 Å². The summed E-state index contributed by atoms with van der Waals surface area (Å²) in [5, 5.41) is 2.60. The van der Waals surface area contributed by atoms with Gasteiger partial charge in [0.1, 0.15) is 6.04 Å². The summed E-state index contributed by atoms with van der Waals surface area (Å²) in [6.07, 6.45) is 1.38. The van der Waals surface area contributed by atoms with E-state index in [9.17, 15) is 14.4 Å². The van der Waals surface area contributed by atoms with E-state index in [0.29, 0.717) is 5.56 Å². The van der Waals surface area contributed by atoms with Gasteiger partial charge in [-0.25, -0.2) is 0 Å². The van der Waals surface area contributed by atoms with Crippen LogP contribution in [0, 0.1) is 5.92 Å². The van der Waals surface area contributed by atoms with Gasteiger partial charge < -0.3 is 14.6 Å². The molecule has 8 nitrogen and oxygen atoms in total. The SMILES string of the molecule is CC(C)C(NC(=O)c1ccco1)C(=O)NNC(=O)c1cccc(N(C)C)c1. The first kappa shape index (κ1) is 20.0. The summed E-state index contributed by atoms with van der Waals surface area (Å²) < 4.78 is 5.02. The van der Waals surface area contributed by atoms with E-state index in [1.54, 1.807) is 38.1 Å². The van der Waals surface area contributed by atoms with Crippen LogP contribution in [0.3, 0.4) is 0 Å². The number of furan rings is 1. The highest BCUT2D eigenvalue weighted by atomic mass is 16.3. The van der Waals surface area contributed by atoms with Gasteiger partial charge in [0.05, 0.1) is 6.26 Å². The molecule has 0 bridgehead atoms. The minimum Gasteiger partial charge on any atom is -0.459 e. The number of nitrogens with one attached hydrogen (secondary N) is 3. The molecule has 3 amide bonds. The summed E-state index contributed by atoms with van der Waals surface area (Å²) in [5.41, 5.74) is 6.01. The molecule has 8 heteroatoms. The van der Waals surface area contributed by atoms with Gasteiger partial charge in [0, 0.05) is 25.3 Å². The number of hydrogen-bond acceptors (Lipinski definition) is 5. The van der Waals surface area contributed by atoms with Crippen LogP contribution in [-0.2, 0) is 4.79 Å². The Kier molecular flexibility index (Phi) is 6.59. The largest absolute Gasteiger partial charge is 0.459 e. The van der Waals surface area contributed by atoms with Crippen molar-refractivity contribution < 1.29 is 18.8 Å². The van der Waals surface area contributed by atoms with Crippen molar-refractivity contribution in [2.45, 2.75) is 19.9 Å². The van der Waals surface area contributed by atoms with Crippen LogP contribution in [0.15, 0.2) is 47.1 Å². The fourth-order valence-electron chi connectivity index (χ4n) is 2.35. The molecule has 0 spiro atoms. The fraction of sp³-hybridized carbons (Fsp3) is 0.316. The predicted molar refractivity (Wildman–Crippen MR) is 101 cm³/mol. The number of rotatable bonds is 6. The van der Waals surface area contributed by atoms with Gasteiger partial charge in [-0.1, -0.05) is 19.9 Å². The molecule has 0 saturated carbocycles. The van der Waals surface area contributed by atoms with Crippen LogP contribution < -0.4 is 21.1 Å². The van der Waals surface area contributed by atoms with Crippen LogP contribution in [-0.4, -0.2) is 37.9 Å². The molecule has 1 atom stereocenters. The zero-order valence-corrected chi connectivity index (χ0v) is 15.8. The third-order valence-electron chi connectivity index (χ3n) is 3.90. The van der Waals surface area contributed by atoms with Gasteiger partial charge in [-0.05, 0) is 36.2 Å². The molecule has 0 aliphatic carbocycles. The van der Waals surface area contributed by atoms with Crippen LogP contribution >= 0.6 is 0 Å². The molecule has 1 aromatic heterocycles. The lowest BCUT2D eigenvalue weighted by molar-refractivity contribution is -0.124. The van der Waals surface area contributed by atoms with Crippen molar-refractivity contribution in [1.82, 2.24) is 16.2 Å². The summed E-state index contributed by atoms with van der Waals surface area (Å²) in [6.45, 7) is 3.57. The Bertz CT molecular complexity index is 800. The van der Waals surface area contributed by atoms with Crippen LogP contribution in [0.1, 0.15) is 34.8 Å². The number of amides is 3. The molecule has 2 rings (SSSR count). The number of benzene rings is 1. The Morgan fingerprint density at radius 3 is 2.33 bits per heavy atom. The molecule has 1 aromatic carbocycles. The van der Waals surface area contributed by atoms with Gasteiger partial charge in [-0.15, -0.1) is 0 Å². The topological polar surface area (TPSA) is 104 Å². The van der Waals surface area contributed by atoms with Gasteiger partial charge in [0.2, 0.25) is 0 Å². The van der Waals surface area contributed by atoms with E-state index in [2.05, 4.69) is 16.2 Å². The first-order valence-electron chi connectivity index (χ1n) is 8.51. The van der Waals surface area contributed by atoms with Crippen LogP contribution in [0.4, 0.5) is 5.69 Å². The molecule has 0 radical (unpaired) electrons. The Morgan fingerprint density at radius 2 is 1.74 bits per heavy atom. The molecule has 3 N–H and O–H groups in total. The van der Waals surface area contributed by atoms with Crippen molar-refractivity contribution >= 4 is 23.4 Å². The van der Waals surface area contributed by atoms with Crippen molar-refractivity contribution in [1.29, 1.82) is 0 Å². The molecule has 144 valence electrons. The van der Waals surface area contributed by atoms with E-state index in [1.165, 1.54) is 12.3 Å². The highest BCUT2D eigenvalue weighted by Gasteiger charge is 2.26. The lowest BCUT2D eigenvalue weighted by atomic mass is 10.0. The third kappa shape index (κ3) is 5.34.